The molecule has 0 spiro atoms. The summed E-state index contributed by atoms with van der Waals surface area (Å²) in [5.74, 6) is 0.877. The van der Waals surface area contributed by atoms with Crippen molar-refractivity contribution in [3.05, 3.63) is 28.2 Å². The highest BCUT2D eigenvalue weighted by Gasteiger charge is 2.45. The van der Waals surface area contributed by atoms with Crippen molar-refractivity contribution in [3.63, 3.8) is 0 Å². The number of nitroso groups, excluding NO2 is 1. The Kier molecular flexibility index (Phi) is 2.81. The van der Waals surface area contributed by atoms with Crippen LogP contribution in [-0.2, 0) is 11.2 Å². The number of carbonyl (C=O) groups excluding carboxylic acids is 1. The van der Waals surface area contributed by atoms with E-state index in [1.807, 2.05) is 26.0 Å². The Hall–Kier alpha value is -1.91. The number of nitrogens with zero attached hydrogens (tertiary/aromatic N) is 1. The first-order valence-corrected chi connectivity index (χ1v) is 6.86. The van der Waals surface area contributed by atoms with Gasteiger partial charge in [0.1, 0.15) is 17.0 Å². The van der Waals surface area contributed by atoms with Gasteiger partial charge in [0.2, 0.25) is 5.91 Å². The molecule has 2 atom stereocenters. The second kappa shape index (κ2) is 4.30. The standard InChI is InChI=1S/C15H18N2O3/c1-15(2)7-8-4-12(17-19)10(6-13(8)20-15)9-5-11(9)14(18)16-3/h4,6,9,11H,5,7H2,1-3H3,(H,16,18). The van der Waals surface area contributed by atoms with Crippen molar-refractivity contribution in [2.75, 3.05) is 7.05 Å². The molecule has 5 nitrogen and oxygen atoms in total. The predicted molar refractivity (Wildman–Crippen MR) is 75.2 cm³/mol. The molecule has 0 aromatic heterocycles. The van der Waals surface area contributed by atoms with Gasteiger partial charge in [-0.1, -0.05) is 0 Å². The third kappa shape index (κ3) is 2.07. The van der Waals surface area contributed by atoms with E-state index in [1.165, 1.54) is 0 Å². The normalized spacial score (nSPS) is 25.6. The molecular weight excluding hydrogens is 256 g/mol. The van der Waals surface area contributed by atoms with E-state index in [4.69, 9.17) is 4.74 Å². The molecule has 0 saturated heterocycles. The van der Waals surface area contributed by atoms with Crippen LogP contribution in [0.1, 0.15) is 37.3 Å². The van der Waals surface area contributed by atoms with Crippen molar-refractivity contribution in [1.82, 2.24) is 5.32 Å². The number of fused-ring (bicyclic) bond motifs is 1. The smallest absolute Gasteiger partial charge is 0.223 e. The van der Waals surface area contributed by atoms with Gasteiger partial charge < -0.3 is 10.1 Å². The topological polar surface area (TPSA) is 67.8 Å². The number of amides is 1. The first-order valence-electron chi connectivity index (χ1n) is 6.86. The second-order valence-corrected chi connectivity index (χ2v) is 6.21. The lowest BCUT2D eigenvalue weighted by Gasteiger charge is -2.17. The molecule has 1 fully saturated rings. The first kappa shape index (κ1) is 13.1. The fourth-order valence-electron chi connectivity index (χ4n) is 3.04. The molecule has 1 aromatic rings. The predicted octanol–water partition coefficient (Wildman–Crippen LogP) is 2.65. The molecule has 1 saturated carbocycles. The summed E-state index contributed by atoms with van der Waals surface area (Å²) in [5.41, 5.74) is 2.06. The average Bonchev–Trinajstić information content (AvgIpc) is 3.13. The van der Waals surface area contributed by atoms with Crippen LogP contribution in [0.15, 0.2) is 17.3 Å². The van der Waals surface area contributed by atoms with Crippen LogP contribution < -0.4 is 10.1 Å². The molecule has 2 unspecified atom stereocenters. The fourth-order valence-corrected chi connectivity index (χ4v) is 3.04. The Morgan fingerprint density at radius 1 is 1.45 bits per heavy atom. The van der Waals surface area contributed by atoms with Crippen LogP contribution in [0.2, 0.25) is 0 Å². The molecule has 5 heteroatoms. The van der Waals surface area contributed by atoms with E-state index in [0.29, 0.717) is 5.69 Å². The third-order valence-corrected chi connectivity index (χ3v) is 4.08. The summed E-state index contributed by atoms with van der Waals surface area (Å²) >= 11 is 0. The molecule has 1 aliphatic heterocycles. The van der Waals surface area contributed by atoms with Crippen LogP contribution in [0.3, 0.4) is 0 Å². The summed E-state index contributed by atoms with van der Waals surface area (Å²) in [6, 6.07) is 3.71. The Morgan fingerprint density at radius 3 is 2.85 bits per heavy atom. The monoisotopic (exact) mass is 274 g/mol. The highest BCUT2D eigenvalue weighted by molar-refractivity contribution is 5.83. The molecule has 3 rings (SSSR count). The summed E-state index contributed by atoms with van der Waals surface area (Å²) in [4.78, 5) is 22.7. The molecule has 1 aromatic carbocycles. The van der Waals surface area contributed by atoms with Crippen LogP contribution >= 0.6 is 0 Å². The largest absolute Gasteiger partial charge is 0.487 e. The summed E-state index contributed by atoms with van der Waals surface area (Å²) in [7, 11) is 1.63. The number of ether oxygens (including phenoxy) is 1. The Balaban J connectivity index is 1.94. The molecule has 2 aliphatic rings. The van der Waals surface area contributed by atoms with E-state index in [1.54, 1.807) is 7.05 Å². The molecule has 1 N–H and O–H groups in total. The van der Waals surface area contributed by atoms with Gasteiger partial charge in [0.25, 0.3) is 0 Å². The number of hydrogen-bond acceptors (Lipinski definition) is 4. The molecule has 106 valence electrons. The van der Waals surface area contributed by atoms with Crippen molar-refractivity contribution in [2.45, 2.75) is 38.2 Å². The average molecular weight is 274 g/mol. The van der Waals surface area contributed by atoms with Crippen LogP contribution in [0.4, 0.5) is 5.69 Å². The lowest BCUT2D eigenvalue weighted by molar-refractivity contribution is -0.121. The summed E-state index contributed by atoms with van der Waals surface area (Å²) < 4.78 is 5.89. The number of nitrogens with one attached hydrogen (secondary N) is 1. The fraction of sp³-hybridized carbons (Fsp3) is 0.533. The second-order valence-electron chi connectivity index (χ2n) is 6.21. The molecule has 20 heavy (non-hydrogen) atoms. The van der Waals surface area contributed by atoms with Crippen LogP contribution in [0.25, 0.3) is 0 Å². The van der Waals surface area contributed by atoms with Crippen LogP contribution in [-0.4, -0.2) is 18.6 Å². The van der Waals surface area contributed by atoms with Gasteiger partial charge in [0, 0.05) is 24.9 Å². The van der Waals surface area contributed by atoms with E-state index in [9.17, 15) is 9.70 Å². The Labute approximate surface area is 117 Å². The minimum atomic E-state index is -0.245. The molecular formula is C15H18N2O3. The van der Waals surface area contributed by atoms with Crippen LogP contribution in [0.5, 0.6) is 5.75 Å². The van der Waals surface area contributed by atoms with Crippen molar-refractivity contribution >= 4 is 11.6 Å². The highest BCUT2D eigenvalue weighted by atomic mass is 16.5. The Morgan fingerprint density at radius 2 is 2.20 bits per heavy atom. The summed E-state index contributed by atoms with van der Waals surface area (Å²) in [6.07, 6.45) is 1.54. The SMILES string of the molecule is CNC(=O)C1CC1c1cc2c(cc1N=O)CC(C)(C)O2. The quantitative estimate of drug-likeness (QED) is 0.861. The highest BCUT2D eigenvalue weighted by Crippen LogP contribution is 2.52. The van der Waals surface area contributed by atoms with E-state index < -0.39 is 0 Å². The van der Waals surface area contributed by atoms with Gasteiger partial charge in [-0.05, 0) is 49.1 Å². The van der Waals surface area contributed by atoms with Gasteiger partial charge >= 0.3 is 0 Å². The van der Waals surface area contributed by atoms with E-state index in [2.05, 4.69) is 10.5 Å². The Bertz CT molecular complexity index is 595. The van der Waals surface area contributed by atoms with Gasteiger partial charge in [-0.3, -0.25) is 4.79 Å². The minimum absolute atomic E-state index is 0.0218. The minimum Gasteiger partial charge on any atom is -0.487 e. The maximum atomic E-state index is 11.6. The lowest BCUT2D eigenvalue weighted by Crippen LogP contribution is -2.24. The van der Waals surface area contributed by atoms with Gasteiger partial charge in [-0.2, -0.15) is 0 Å². The zero-order valence-corrected chi connectivity index (χ0v) is 11.9. The summed E-state index contributed by atoms with van der Waals surface area (Å²) in [6.45, 7) is 4.04. The molecule has 1 aliphatic carbocycles. The maximum absolute atomic E-state index is 11.6. The van der Waals surface area contributed by atoms with Crippen molar-refractivity contribution in [1.29, 1.82) is 0 Å². The van der Waals surface area contributed by atoms with E-state index in [-0.39, 0.29) is 23.3 Å². The van der Waals surface area contributed by atoms with Crippen molar-refractivity contribution in [3.8, 4) is 5.75 Å². The van der Waals surface area contributed by atoms with E-state index in [0.717, 1.165) is 29.7 Å². The first-order chi connectivity index (χ1) is 9.45. The molecule has 0 radical (unpaired) electrons. The molecule has 1 heterocycles. The van der Waals surface area contributed by atoms with Gasteiger partial charge in [0.05, 0.1) is 0 Å². The summed E-state index contributed by atoms with van der Waals surface area (Å²) in [5, 5.41) is 5.79. The van der Waals surface area contributed by atoms with Gasteiger partial charge in [0.15, 0.2) is 0 Å². The molecule has 1 amide bonds. The number of carbonyl (C=O) groups is 1. The third-order valence-electron chi connectivity index (χ3n) is 4.08. The number of hydrogen-bond donors (Lipinski definition) is 1. The van der Waals surface area contributed by atoms with Gasteiger partial charge in [-0.25, -0.2) is 0 Å². The van der Waals surface area contributed by atoms with Gasteiger partial charge in [-0.15, -0.1) is 4.91 Å². The van der Waals surface area contributed by atoms with Crippen molar-refractivity contribution in [2.24, 2.45) is 11.1 Å². The lowest BCUT2D eigenvalue weighted by atomic mass is 9.98. The zero-order chi connectivity index (χ0) is 14.5. The zero-order valence-electron chi connectivity index (χ0n) is 11.9. The molecule has 0 bridgehead atoms. The number of rotatable bonds is 3. The maximum Gasteiger partial charge on any atom is 0.223 e. The van der Waals surface area contributed by atoms with Crippen LogP contribution in [0, 0.1) is 10.8 Å². The number of benzene rings is 1. The van der Waals surface area contributed by atoms with E-state index >= 15 is 0 Å². The van der Waals surface area contributed by atoms with Crippen molar-refractivity contribution < 1.29 is 9.53 Å².